The van der Waals surface area contributed by atoms with Crippen LogP contribution in [0, 0.1) is 6.92 Å². The fourth-order valence-electron chi connectivity index (χ4n) is 4.36. The van der Waals surface area contributed by atoms with Gasteiger partial charge in [-0.1, -0.05) is 11.2 Å². The molecule has 9 heteroatoms. The molecule has 0 saturated carbocycles. The first-order valence-electron chi connectivity index (χ1n) is 9.97. The van der Waals surface area contributed by atoms with Crippen LogP contribution >= 0.6 is 24.8 Å². The van der Waals surface area contributed by atoms with Crippen LogP contribution in [0.1, 0.15) is 47.2 Å². The van der Waals surface area contributed by atoms with Crippen molar-refractivity contribution in [2.24, 2.45) is 0 Å². The van der Waals surface area contributed by atoms with Crippen LogP contribution in [0.15, 0.2) is 35.2 Å². The summed E-state index contributed by atoms with van der Waals surface area (Å²) < 4.78 is 5.82. The minimum Gasteiger partial charge on any atom is -0.337 e. The molecule has 3 aromatic rings. The van der Waals surface area contributed by atoms with Crippen LogP contribution in [0.4, 0.5) is 0 Å². The van der Waals surface area contributed by atoms with Gasteiger partial charge in [0.25, 0.3) is 0 Å². The number of rotatable bonds is 4. The maximum absolute atomic E-state index is 5.82. The highest BCUT2D eigenvalue weighted by Gasteiger charge is 2.31. The number of hydrogen-bond acceptors (Lipinski definition) is 7. The van der Waals surface area contributed by atoms with Crippen molar-refractivity contribution in [2.45, 2.75) is 38.8 Å². The molecule has 0 bridgehead atoms. The Hall–Kier alpha value is -2.06. The average molecular weight is 449 g/mol. The minimum atomic E-state index is -0.0491. The van der Waals surface area contributed by atoms with E-state index in [0.29, 0.717) is 11.7 Å². The Kier molecular flexibility index (Phi) is 7.41. The molecule has 160 valence electrons. The number of nitrogens with one attached hydrogen (secondary N) is 1. The van der Waals surface area contributed by atoms with E-state index < -0.39 is 0 Å². The van der Waals surface area contributed by atoms with E-state index in [2.05, 4.69) is 31.4 Å². The number of pyridine rings is 2. The SMILES string of the molecule is Cc1ncc2c(c1-c1noc(C(c3cccnc3)N3CCCC3)n1)CCNC2.Cl.Cl. The normalized spacial score (nSPS) is 17.0. The first-order chi connectivity index (χ1) is 13.8. The Labute approximate surface area is 188 Å². The zero-order valence-corrected chi connectivity index (χ0v) is 18.5. The zero-order chi connectivity index (χ0) is 18.9. The molecule has 0 aromatic carbocycles. The number of halogens is 2. The van der Waals surface area contributed by atoms with Crippen LogP contribution in [-0.4, -0.2) is 44.6 Å². The lowest BCUT2D eigenvalue weighted by Crippen LogP contribution is -2.27. The third-order valence-corrected chi connectivity index (χ3v) is 5.74. The molecule has 3 aromatic heterocycles. The van der Waals surface area contributed by atoms with Gasteiger partial charge < -0.3 is 9.84 Å². The fraction of sp³-hybridized carbons (Fsp3) is 0.429. The van der Waals surface area contributed by atoms with Crippen molar-refractivity contribution in [3.05, 3.63) is 59.0 Å². The van der Waals surface area contributed by atoms with Gasteiger partial charge in [0.05, 0.1) is 0 Å². The molecular weight excluding hydrogens is 423 g/mol. The molecule has 1 N–H and O–H groups in total. The highest BCUT2D eigenvalue weighted by atomic mass is 35.5. The van der Waals surface area contributed by atoms with Gasteiger partial charge in [0, 0.05) is 36.4 Å². The number of likely N-dealkylation sites (tertiary alicyclic amines) is 1. The minimum absolute atomic E-state index is 0. The maximum Gasteiger partial charge on any atom is 0.248 e. The smallest absolute Gasteiger partial charge is 0.248 e. The summed E-state index contributed by atoms with van der Waals surface area (Å²) in [4.78, 5) is 16.2. The lowest BCUT2D eigenvalue weighted by atomic mass is 9.95. The second kappa shape index (κ2) is 9.83. The van der Waals surface area contributed by atoms with Gasteiger partial charge in [-0.25, -0.2) is 0 Å². The van der Waals surface area contributed by atoms with Gasteiger partial charge in [0.2, 0.25) is 11.7 Å². The molecule has 30 heavy (non-hydrogen) atoms. The van der Waals surface area contributed by atoms with Crippen LogP contribution < -0.4 is 5.32 Å². The van der Waals surface area contributed by atoms with Gasteiger partial charge in [-0.2, -0.15) is 4.98 Å². The number of hydrogen-bond donors (Lipinski definition) is 1. The highest BCUT2D eigenvalue weighted by molar-refractivity contribution is 5.85. The van der Waals surface area contributed by atoms with Crippen LogP contribution in [0.5, 0.6) is 0 Å². The lowest BCUT2D eigenvalue weighted by Gasteiger charge is -2.24. The molecule has 1 atom stereocenters. The molecule has 0 amide bonds. The second-order valence-electron chi connectivity index (χ2n) is 7.54. The van der Waals surface area contributed by atoms with Gasteiger partial charge in [-0.15, -0.1) is 24.8 Å². The van der Waals surface area contributed by atoms with E-state index in [1.165, 1.54) is 24.0 Å². The van der Waals surface area contributed by atoms with Crippen molar-refractivity contribution in [1.29, 1.82) is 0 Å². The van der Waals surface area contributed by atoms with Crippen molar-refractivity contribution in [2.75, 3.05) is 19.6 Å². The molecule has 2 aliphatic heterocycles. The molecule has 0 spiro atoms. The number of aromatic nitrogens is 4. The summed E-state index contributed by atoms with van der Waals surface area (Å²) in [5, 5.41) is 7.78. The van der Waals surface area contributed by atoms with E-state index in [1.54, 1.807) is 6.20 Å². The van der Waals surface area contributed by atoms with Gasteiger partial charge in [0.1, 0.15) is 6.04 Å². The zero-order valence-electron chi connectivity index (χ0n) is 16.9. The predicted octanol–water partition coefficient (Wildman–Crippen LogP) is 3.51. The van der Waals surface area contributed by atoms with E-state index in [4.69, 9.17) is 9.51 Å². The summed E-state index contributed by atoms with van der Waals surface area (Å²) in [6, 6.07) is 4.00. The van der Waals surface area contributed by atoms with Crippen molar-refractivity contribution >= 4 is 24.8 Å². The largest absolute Gasteiger partial charge is 0.337 e. The standard InChI is InChI=1S/C21H24N6O.2ClH/c1-14-18(17-6-8-23-12-16(17)13-24-14)20-25-21(28-26-20)19(27-9-2-3-10-27)15-5-4-7-22-11-15;;/h4-5,7,11,13,19,23H,2-3,6,8-10,12H2,1H3;2*1H. The first-order valence-corrected chi connectivity index (χ1v) is 9.97. The third-order valence-electron chi connectivity index (χ3n) is 5.74. The Morgan fingerprint density at radius 3 is 2.77 bits per heavy atom. The Morgan fingerprint density at radius 2 is 2.00 bits per heavy atom. The first kappa shape index (κ1) is 22.6. The van der Waals surface area contributed by atoms with Crippen LogP contribution in [0.2, 0.25) is 0 Å². The van der Waals surface area contributed by atoms with Gasteiger partial charge in [-0.05, 0) is 68.6 Å². The van der Waals surface area contributed by atoms with E-state index in [1.807, 2.05) is 25.4 Å². The Balaban J connectivity index is 0.00000128. The molecule has 0 aliphatic carbocycles. The molecule has 5 rings (SSSR count). The summed E-state index contributed by atoms with van der Waals surface area (Å²) in [7, 11) is 0. The van der Waals surface area contributed by atoms with E-state index in [0.717, 1.165) is 49.4 Å². The van der Waals surface area contributed by atoms with Crippen molar-refractivity contribution in [3.8, 4) is 11.4 Å². The second-order valence-corrected chi connectivity index (χ2v) is 7.54. The third kappa shape index (κ3) is 4.21. The molecule has 2 aliphatic rings. The molecule has 1 fully saturated rings. The summed E-state index contributed by atoms with van der Waals surface area (Å²) in [5.74, 6) is 1.28. The molecule has 0 radical (unpaired) electrons. The van der Waals surface area contributed by atoms with Crippen molar-refractivity contribution < 1.29 is 4.52 Å². The van der Waals surface area contributed by atoms with Crippen LogP contribution in [0.3, 0.4) is 0 Å². The maximum atomic E-state index is 5.82. The van der Waals surface area contributed by atoms with E-state index in [9.17, 15) is 0 Å². The molecule has 5 heterocycles. The number of aryl methyl sites for hydroxylation is 1. The fourth-order valence-corrected chi connectivity index (χ4v) is 4.36. The van der Waals surface area contributed by atoms with E-state index >= 15 is 0 Å². The highest BCUT2D eigenvalue weighted by Crippen LogP contribution is 2.33. The summed E-state index contributed by atoms with van der Waals surface area (Å²) in [6.07, 6.45) is 9.00. The number of fused-ring (bicyclic) bond motifs is 1. The molecular formula is C21H26Cl2N6O. The molecule has 1 saturated heterocycles. The van der Waals surface area contributed by atoms with Gasteiger partial charge >= 0.3 is 0 Å². The Bertz CT molecular complexity index is 975. The van der Waals surface area contributed by atoms with Crippen molar-refractivity contribution in [1.82, 2.24) is 30.3 Å². The summed E-state index contributed by atoms with van der Waals surface area (Å²) >= 11 is 0. The molecule has 7 nitrogen and oxygen atoms in total. The topological polar surface area (TPSA) is 80.0 Å². The number of nitrogens with zero attached hydrogens (tertiary/aromatic N) is 5. The summed E-state index contributed by atoms with van der Waals surface area (Å²) in [6.45, 7) is 5.88. The average Bonchev–Trinajstić information content (AvgIpc) is 3.42. The quantitative estimate of drug-likeness (QED) is 0.653. The van der Waals surface area contributed by atoms with Gasteiger partial charge in [0.15, 0.2) is 0 Å². The van der Waals surface area contributed by atoms with Crippen molar-refractivity contribution in [3.63, 3.8) is 0 Å². The van der Waals surface area contributed by atoms with E-state index in [-0.39, 0.29) is 30.9 Å². The predicted molar refractivity (Wildman–Crippen MR) is 119 cm³/mol. The Morgan fingerprint density at radius 1 is 1.17 bits per heavy atom. The van der Waals surface area contributed by atoms with Crippen LogP contribution in [-0.2, 0) is 13.0 Å². The van der Waals surface area contributed by atoms with Crippen LogP contribution in [0.25, 0.3) is 11.4 Å². The van der Waals surface area contributed by atoms with Gasteiger partial charge in [-0.3, -0.25) is 14.9 Å². The lowest BCUT2D eigenvalue weighted by molar-refractivity contribution is 0.225. The summed E-state index contributed by atoms with van der Waals surface area (Å²) in [5.41, 5.74) is 5.58. The monoisotopic (exact) mass is 448 g/mol. The molecule has 1 unspecified atom stereocenters.